The van der Waals surface area contributed by atoms with E-state index in [1.54, 1.807) is 18.2 Å². The summed E-state index contributed by atoms with van der Waals surface area (Å²) >= 11 is 0. The second-order valence-corrected chi connectivity index (χ2v) is 6.03. The lowest BCUT2D eigenvalue weighted by molar-refractivity contribution is 0.172. The second kappa shape index (κ2) is 7.00. The van der Waals surface area contributed by atoms with Gasteiger partial charge in [0.15, 0.2) is 0 Å². The number of β-amino-alcohol motifs (C(OH)–C–C–N with tert-alkyl or cyclic N) is 1. The zero-order chi connectivity index (χ0) is 17.1. The molecule has 0 amide bonds. The van der Waals surface area contributed by atoms with Gasteiger partial charge in [-0.2, -0.15) is 5.26 Å². The second-order valence-electron chi connectivity index (χ2n) is 6.03. The number of hydrogen-bond acceptors (Lipinski definition) is 4. The maximum atomic E-state index is 13.1. The fourth-order valence-corrected chi connectivity index (χ4v) is 3.26. The van der Waals surface area contributed by atoms with Crippen LogP contribution in [0.5, 0.6) is 5.75 Å². The van der Waals surface area contributed by atoms with Gasteiger partial charge in [-0.05, 0) is 41.8 Å². The van der Waals surface area contributed by atoms with Gasteiger partial charge in [0.25, 0.3) is 0 Å². The molecule has 0 saturated carbocycles. The highest BCUT2D eigenvalue weighted by Gasteiger charge is 2.32. The zero-order valence-electron chi connectivity index (χ0n) is 13.4. The van der Waals surface area contributed by atoms with Gasteiger partial charge in [-0.15, -0.1) is 0 Å². The van der Waals surface area contributed by atoms with Crippen molar-refractivity contribution in [2.24, 2.45) is 0 Å². The Kier molecular flexibility index (Phi) is 4.79. The SMILES string of the molecule is COc1ccc(CN2C[C@@H](O)C[C@H]2c2ccc(F)cc2)cc1C#N. The van der Waals surface area contributed by atoms with Crippen molar-refractivity contribution in [3.05, 3.63) is 65.0 Å². The lowest BCUT2D eigenvalue weighted by Gasteiger charge is -2.24. The Morgan fingerprint density at radius 2 is 2.04 bits per heavy atom. The number of methoxy groups -OCH3 is 1. The van der Waals surface area contributed by atoms with Crippen LogP contribution >= 0.6 is 0 Å². The van der Waals surface area contributed by atoms with Gasteiger partial charge in [-0.1, -0.05) is 18.2 Å². The van der Waals surface area contributed by atoms with E-state index in [1.165, 1.54) is 19.2 Å². The molecule has 1 aliphatic heterocycles. The lowest BCUT2D eigenvalue weighted by atomic mass is 10.0. The standard InChI is InChI=1S/C19H19FN2O2/c1-24-19-7-2-13(8-15(19)10-21)11-22-12-17(23)9-18(22)14-3-5-16(20)6-4-14/h2-8,17-18,23H,9,11-12H2,1H3/t17-,18-/m0/s1. The number of nitrogens with zero attached hydrogens (tertiary/aromatic N) is 2. The van der Waals surface area contributed by atoms with Crippen LogP contribution < -0.4 is 4.74 Å². The Morgan fingerprint density at radius 1 is 1.29 bits per heavy atom. The van der Waals surface area contributed by atoms with Gasteiger partial charge < -0.3 is 9.84 Å². The normalized spacial score (nSPS) is 20.8. The number of hydrogen-bond donors (Lipinski definition) is 1. The summed E-state index contributed by atoms with van der Waals surface area (Å²) in [6.45, 7) is 1.16. The predicted octanol–water partition coefficient (Wildman–Crippen LogP) is 3.01. The van der Waals surface area contributed by atoms with Gasteiger partial charge in [-0.3, -0.25) is 4.90 Å². The van der Waals surface area contributed by atoms with E-state index in [2.05, 4.69) is 11.0 Å². The molecule has 0 bridgehead atoms. The molecule has 1 aliphatic rings. The van der Waals surface area contributed by atoms with Crippen LogP contribution in [0.2, 0.25) is 0 Å². The van der Waals surface area contributed by atoms with Crippen molar-refractivity contribution in [1.82, 2.24) is 4.90 Å². The maximum Gasteiger partial charge on any atom is 0.136 e. The van der Waals surface area contributed by atoms with Crippen LogP contribution in [0.4, 0.5) is 4.39 Å². The third kappa shape index (κ3) is 3.40. The molecule has 0 aliphatic carbocycles. The van der Waals surface area contributed by atoms with E-state index in [4.69, 9.17) is 4.74 Å². The molecule has 0 radical (unpaired) electrons. The third-order valence-corrected chi connectivity index (χ3v) is 4.41. The molecule has 1 saturated heterocycles. The van der Waals surface area contributed by atoms with Gasteiger partial charge in [0.1, 0.15) is 17.6 Å². The third-order valence-electron chi connectivity index (χ3n) is 4.41. The van der Waals surface area contributed by atoms with E-state index >= 15 is 0 Å². The lowest BCUT2D eigenvalue weighted by Crippen LogP contribution is -2.24. The van der Waals surface area contributed by atoms with Crippen molar-refractivity contribution >= 4 is 0 Å². The summed E-state index contributed by atoms with van der Waals surface area (Å²) in [5.41, 5.74) is 2.46. The van der Waals surface area contributed by atoms with Gasteiger partial charge in [0, 0.05) is 19.1 Å². The summed E-state index contributed by atoms with van der Waals surface area (Å²) in [5, 5.41) is 19.3. The highest BCUT2D eigenvalue weighted by atomic mass is 19.1. The molecule has 1 fully saturated rings. The van der Waals surface area contributed by atoms with Crippen LogP contribution in [0.15, 0.2) is 42.5 Å². The van der Waals surface area contributed by atoms with E-state index in [1.807, 2.05) is 12.1 Å². The molecule has 3 rings (SSSR count). The van der Waals surface area contributed by atoms with Crippen molar-refractivity contribution in [3.8, 4) is 11.8 Å². The highest BCUT2D eigenvalue weighted by molar-refractivity contribution is 5.45. The molecule has 0 aromatic heterocycles. The number of halogens is 1. The van der Waals surface area contributed by atoms with Crippen LogP contribution in [0.25, 0.3) is 0 Å². The fraction of sp³-hybridized carbons (Fsp3) is 0.316. The van der Waals surface area contributed by atoms with E-state index in [-0.39, 0.29) is 11.9 Å². The van der Waals surface area contributed by atoms with Crippen molar-refractivity contribution in [2.45, 2.75) is 25.1 Å². The Labute approximate surface area is 140 Å². The number of likely N-dealkylation sites (tertiary alicyclic amines) is 1. The van der Waals surface area contributed by atoms with Gasteiger partial charge in [0.05, 0.1) is 18.8 Å². The summed E-state index contributed by atoms with van der Waals surface area (Å²) in [6.07, 6.45) is 0.209. The maximum absolute atomic E-state index is 13.1. The van der Waals surface area contributed by atoms with Crippen molar-refractivity contribution < 1.29 is 14.2 Å². The van der Waals surface area contributed by atoms with E-state index in [0.717, 1.165) is 11.1 Å². The number of benzene rings is 2. The van der Waals surface area contributed by atoms with E-state index < -0.39 is 6.10 Å². The first kappa shape index (κ1) is 16.4. The van der Waals surface area contributed by atoms with Gasteiger partial charge in [0.2, 0.25) is 0 Å². The van der Waals surface area contributed by atoms with Gasteiger partial charge >= 0.3 is 0 Å². The molecule has 2 aromatic rings. The topological polar surface area (TPSA) is 56.5 Å². The first-order valence-electron chi connectivity index (χ1n) is 7.85. The van der Waals surface area contributed by atoms with E-state index in [0.29, 0.717) is 30.8 Å². The molecule has 124 valence electrons. The van der Waals surface area contributed by atoms with E-state index in [9.17, 15) is 14.8 Å². The quantitative estimate of drug-likeness (QED) is 0.938. The molecular formula is C19H19FN2O2. The minimum Gasteiger partial charge on any atom is -0.495 e. The monoisotopic (exact) mass is 326 g/mol. The summed E-state index contributed by atoms with van der Waals surface area (Å²) in [5.74, 6) is 0.287. The average Bonchev–Trinajstić information content (AvgIpc) is 2.95. The number of aliphatic hydroxyl groups is 1. The Bertz CT molecular complexity index is 755. The van der Waals surface area contributed by atoms with Crippen LogP contribution in [-0.4, -0.2) is 29.8 Å². The van der Waals surface area contributed by atoms with Crippen LogP contribution in [0.3, 0.4) is 0 Å². The first-order valence-corrected chi connectivity index (χ1v) is 7.85. The first-order chi connectivity index (χ1) is 11.6. The Morgan fingerprint density at radius 3 is 2.71 bits per heavy atom. The van der Waals surface area contributed by atoms with Crippen LogP contribution in [-0.2, 0) is 6.54 Å². The predicted molar refractivity (Wildman–Crippen MR) is 87.9 cm³/mol. The minimum absolute atomic E-state index is 0.0354. The minimum atomic E-state index is -0.409. The summed E-state index contributed by atoms with van der Waals surface area (Å²) in [6, 6.07) is 14.1. The van der Waals surface area contributed by atoms with Crippen molar-refractivity contribution in [2.75, 3.05) is 13.7 Å². The molecule has 1 heterocycles. The fourth-order valence-electron chi connectivity index (χ4n) is 3.26. The molecule has 2 aromatic carbocycles. The number of nitriles is 1. The molecule has 24 heavy (non-hydrogen) atoms. The average molecular weight is 326 g/mol. The zero-order valence-corrected chi connectivity index (χ0v) is 13.4. The Balaban J connectivity index is 1.82. The summed E-state index contributed by atoms with van der Waals surface area (Å²) in [4.78, 5) is 2.15. The molecule has 2 atom stereocenters. The molecule has 4 nitrogen and oxygen atoms in total. The number of rotatable bonds is 4. The Hall–Kier alpha value is -2.42. The summed E-state index contributed by atoms with van der Waals surface area (Å²) < 4.78 is 18.3. The molecule has 0 spiro atoms. The molecule has 0 unspecified atom stereocenters. The van der Waals surface area contributed by atoms with Crippen molar-refractivity contribution in [3.63, 3.8) is 0 Å². The van der Waals surface area contributed by atoms with Gasteiger partial charge in [-0.25, -0.2) is 4.39 Å². The van der Waals surface area contributed by atoms with Crippen LogP contribution in [0.1, 0.15) is 29.2 Å². The van der Waals surface area contributed by atoms with Crippen LogP contribution in [0, 0.1) is 17.1 Å². The highest BCUT2D eigenvalue weighted by Crippen LogP contribution is 2.34. The number of aliphatic hydroxyl groups excluding tert-OH is 1. The molecular weight excluding hydrogens is 307 g/mol. The summed E-state index contributed by atoms with van der Waals surface area (Å²) in [7, 11) is 1.54. The smallest absolute Gasteiger partial charge is 0.136 e. The molecule has 5 heteroatoms. The largest absolute Gasteiger partial charge is 0.495 e. The molecule has 1 N–H and O–H groups in total. The van der Waals surface area contributed by atoms with Crippen molar-refractivity contribution in [1.29, 1.82) is 5.26 Å². The number of ether oxygens (including phenoxy) is 1.